The molecule has 3 rings (SSSR count). The van der Waals surface area contributed by atoms with E-state index >= 15 is 0 Å². The predicted molar refractivity (Wildman–Crippen MR) is 99.7 cm³/mol. The van der Waals surface area contributed by atoms with Gasteiger partial charge in [-0.15, -0.1) is 11.3 Å². The highest BCUT2D eigenvalue weighted by atomic mass is 32.1. The number of carbonyl (C=O) groups is 1. The van der Waals surface area contributed by atoms with Crippen LogP contribution in [-0.4, -0.2) is 24.6 Å². The summed E-state index contributed by atoms with van der Waals surface area (Å²) >= 11 is 1.39. The fraction of sp³-hybridized carbons (Fsp3) is 0.158. The minimum Gasteiger partial charge on any atom is -0.493 e. The van der Waals surface area contributed by atoms with Crippen LogP contribution < -0.4 is 14.8 Å². The first kappa shape index (κ1) is 17.0. The van der Waals surface area contributed by atoms with Gasteiger partial charge in [0.25, 0.3) is 5.91 Å². The Labute approximate surface area is 150 Å². The molecule has 0 bridgehead atoms. The third-order valence-corrected chi connectivity index (χ3v) is 4.28. The van der Waals surface area contributed by atoms with Gasteiger partial charge in [0.05, 0.1) is 19.4 Å². The molecule has 0 aliphatic carbocycles. The number of hydrogen-bond acceptors (Lipinski definition) is 5. The van der Waals surface area contributed by atoms with Crippen LogP contribution in [0.15, 0.2) is 53.9 Å². The molecule has 25 heavy (non-hydrogen) atoms. The lowest BCUT2D eigenvalue weighted by Gasteiger charge is -2.10. The van der Waals surface area contributed by atoms with Crippen molar-refractivity contribution in [3.63, 3.8) is 0 Å². The van der Waals surface area contributed by atoms with Crippen molar-refractivity contribution < 1.29 is 14.3 Å². The van der Waals surface area contributed by atoms with Gasteiger partial charge in [0.1, 0.15) is 0 Å². The number of methoxy groups -OCH3 is 1. The van der Waals surface area contributed by atoms with Crippen molar-refractivity contribution in [2.24, 2.45) is 0 Å². The molecule has 0 saturated carbocycles. The quantitative estimate of drug-likeness (QED) is 0.709. The summed E-state index contributed by atoms with van der Waals surface area (Å²) in [5, 5.41) is 5.30. The molecular formula is C19H18N2O3S. The molecule has 0 atom stereocenters. The maximum absolute atomic E-state index is 12.5. The van der Waals surface area contributed by atoms with Gasteiger partial charge >= 0.3 is 0 Å². The van der Waals surface area contributed by atoms with Crippen molar-refractivity contribution in [3.05, 3.63) is 59.5 Å². The molecule has 0 unspecified atom stereocenters. The van der Waals surface area contributed by atoms with E-state index < -0.39 is 0 Å². The Morgan fingerprint density at radius 1 is 1.16 bits per heavy atom. The molecule has 0 aliphatic rings. The Morgan fingerprint density at radius 2 is 1.96 bits per heavy atom. The number of rotatable bonds is 6. The fourth-order valence-electron chi connectivity index (χ4n) is 2.33. The lowest BCUT2D eigenvalue weighted by atomic mass is 10.2. The minimum atomic E-state index is -0.238. The largest absolute Gasteiger partial charge is 0.493 e. The van der Waals surface area contributed by atoms with Crippen LogP contribution in [0.25, 0.3) is 11.3 Å². The van der Waals surface area contributed by atoms with Crippen LogP contribution in [0.5, 0.6) is 11.5 Å². The summed E-state index contributed by atoms with van der Waals surface area (Å²) in [7, 11) is 1.57. The molecule has 0 saturated heterocycles. The lowest BCUT2D eigenvalue weighted by molar-refractivity contribution is 0.102. The summed E-state index contributed by atoms with van der Waals surface area (Å²) in [6.07, 6.45) is 0. The first-order valence-corrected chi connectivity index (χ1v) is 8.72. The molecule has 2 aromatic carbocycles. The van der Waals surface area contributed by atoms with E-state index in [2.05, 4.69) is 10.3 Å². The van der Waals surface area contributed by atoms with Gasteiger partial charge in [0, 0.05) is 16.5 Å². The lowest BCUT2D eigenvalue weighted by Crippen LogP contribution is -2.12. The molecular weight excluding hydrogens is 336 g/mol. The zero-order valence-corrected chi connectivity index (χ0v) is 14.8. The second kappa shape index (κ2) is 7.81. The summed E-state index contributed by atoms with van der Waals surface area (Å²) in [6.45, 7) is 2.38. The van der Waals surface area contributed by atoms with Crippen molar-refractivity contribution >= 4 is 22.4 Å². The SMILES string of the molecule is CCOc1cc(C(=O)Nc2nc(-c3ccccc3)cs2)ccc1OC. The van der Waals surface area contributed by atoms with Crippen LogP contribution in [0, 0.1) is 0 Å². The number of amides is 1. The van der Waals surface area contributed by atoms with Crippen molar-refractivity contribution in [3.8, 4) is 22.8 Å². The molecule has 0 spiro atoms. The predicted octanol–water partition coefficient (Wildman–Crippen LogP) is 4.47. The zero-order valence-electron chi connectivity index (χ0n) is 14.0. The molecule has 1 amide bonds. The van der Waals surface area contributed by atoms with Crippen LogP contribution in [0.3, 0.4) is 0 Å². The number of benzene rings is 2. The summed E-state index contributed by atoms with van der Waals surface area (Å²) in [6, 6.07) is 14.9. The molecule has 0 aliphatic heterocycles. The van der Waals surface area contributed by atoms with E-state index in [-0.39, 0.29) is 5.91 Å². The summed E-state index contributed by atoms with van der Waals surface area (Å²) in [5.74, 6) is 0.901. The third kappa shape index (κ3) is 3.97. The van der Waals surface area contributed by atoms with Crippen LogP contribution in [0.2, 0.25) is 0 Å². The monoisotopic (exact) mass is 354 g/mol. The highest BCUT2D eigenvalue weighted by Gasteiger charge is 2.13. The van der Waals surface area contributed by atoms with E-state index in [1.54, 1.807) is 25.3 Å². The number of thiazole rings is 1. The number of anilines is 1. The Bertz CT molecular complexity index is 862. The fourth-order valence-corrected chi connectivity index (χ4v) is 3.04. The van der Waals surface area contributed by atoms with E-state index in [1.807, 2.05) is 42.6 Å². The molecule has 0 radical (unpaired) electrons. The van der Waals surface area contributed by atoms with Crippen LogP contribution >= 0.6 is 11.3 Å². The molecule has 3 aromatic rings. The first-order chi connectivity index (χ1) is 12.2. The van der Waals surface area contributed by atoms with Crippen molar-refractivity contribution in [1.82, 2.24) is 4.98 Å². The van der Waals surface area contributed by atoms with Gasteiger partial charge in [-0.25, -0.2) is 4.98 Å². The maximum Gasteiger partial charge on any atom is 0.257 e. The summed E-state index contributed by atoms with van der Waals surface area (Å²) in [5.41, 5.74) is 2.34. The summed E-state index contributed by atoms with van der Waals surface area (Å²) < 4.78 is 10.7. The van der Waals surface area contributed by atoms with Crippen molar-refractivity contribution in [2.75, 3.05) is 19.0 Å². The molecule has 5 nitrogen and oxygen atoms in total. The zero-order chi connectivity index (χ0) is 17.6. The number of aromatic nitrogens is 1. The van der Waals surface area contributed by atoms with Crippen molar-refractivity contribution in [2.45, 2.75) is 6.92 Å². The van der Waals surface area contributed by atoms with Gasteiger partial charge in [0.15, 0.2) is 16.6 Å². The van der Waals surface area contributed by atoms with Gasteiger partial charge in [0.2, 0.25) is 0 Å². The molecule has 128 valence electrons. The first-order valence-electron chi connectivity index (χ1n) is 7.84. The van der Waals surface area contributed by atoms with Gasteiger partial charge in [-0.1, -0.05) is 30.3 Å². The van der Waals surface area contributed by atoms with Gasteiger partial charge < -0.3 is 9.47 Å². The topological polar surface area (TPSA) is 60.5 Å². The van der Waals surface area contributed by atoms with Gasteiger partial charge in [-0.3, -0.25) is 10.1 Å². The van der Waals surface area contributed by atoms with Crippen LogP contribution in [0.1, 0.15) is 17.3 Å². The molecule has 1 heterocycles. The number of carbonyl (C=O) groups excluding carboxylic acids is 1. The average molecular weight is 354 g/mol. The highest BCUT2D eigenvalue weighted by molar-refractivity contribution is 7.14. The summed E-state index contributed by atoms with van der Waals surface area (Å²) in [4.78, 5) is 16.9. The smallest absolute Gasteiger partial charge is 0.257 e. The highest BCUT2D eigenvalue weighted by Crippen LogP contribution is 2.29. The minimum absolute atomic E-state index is 0.238. The molecule has 1 aromatic heterocycles. The number of hydrogen-bond donors (Lipinski definition) is 1. The maximum atomic E-state index is 12.5. The van der Waals surface area contributed by atoms with Crippen LogP contribution in [-0.2, 0) is 0 Å². The molecule has 1 N–H and O–H groups in total. The van der Waals surface area contributed by atoms with E-state index in [0.717, 1.165) is 11.3 Å². The van der Waals surface area contributed by atoms with Crippen LogP contribution in [0.4, 0.5) is 5.13 Å². The van der Waals surface area contributed by atoms with Gasteiger partial charge in [-0.05, 0) is 25.1 Å². The van der Waals surface area contributed by atoms with E-state index in [4.69, 9.17) is 9.47 Å². The van der Waals surface area contributed by atoms with Crippen molar-refractivity contribution in [1.29, 1.82) is 0 Å². The second-order valence-electron chi connectivity index (χ2n) is 5.16. The normalized spacial score (nSPS) is 10.3. The van der Waals surface area contributed by atoms with E-state index in [9.17, 15) is 4.79 Å². The van der Waals surface area contributed by atoms with Gasteiger partial charge in [-0.2, -0.15) is 0 Å². The number of nitrogens with zero attached hydrogens (tertiary/aromatic N) is 1. The second-order valence-corrected chi connectivity index (χ2v) is 6.01. The molecule has 6 heteroatoms. The number of nitrogens with one attached hydrogen (secondary N) is 1. The van der Waals surface area contributed by atoms with E-state index in [0.29, 0.717) is 28.8 Å². The molecule has 0 fully saturated rings. The number of ether oxygens (including phenoxy) is 2. The average Bonchev–Trinajstić information content (AvgIpc) is 3.11. The Balaban J connectivity index is 1.76. The Morgan fingerprint density at radius 3 is 2.68 bits per heavy atom. The third-order valence-electron chi connectivity index (χ3n) is 3.52. The Hall–Kier alpha value is -2.86. The Kier molecular flexibility index (Phi) is 5.30. The van der Waals surface area contributed by atoms with E-state index in [1.165, 1.54) is 11.3 Å². The standard InChI is InChI=1S/C19H18N2O3S/c1-3-24-17-11-14(9-10-16(17)23-2)18(22)21-19-20-15(12-25-19)13-7-5-4-6-8-13/h4-12H,3H2,1-2H3,(H,20,21,22).